The van der Waals surface area contributed by atoms with Gasteiger partial charge in [0.25, 0.3) is 5.91 Å². The molecule has 1 amide bonds. The summed E-state index contributed by atoms with van der Waals surface area (Å²) >= 11 is 0. The van der Waals surface area contributed by atoms with Crippen molar-refractivity contribution in [3.63, 3.8) is 0 Å². The summed E-state index contributed by atoms with van der Waals surface area (Å²) in [6.45, 7) is 0.865. The molecule has 30 heavy (non-hydrogen) atoms. The molecule has 2 aromatic carbocycles. The number of nitrogens with one attached hydrogen (secondary N) is 2. The molecule has 0 aliphatic carbocycles. The van der Waals surface area contributed by atoms with Gasteiger partial charge in [0.1, 0.15) is 0 Å². The van der Waals surface area contributed by atoms with Crippen LogP contribution in [0.25, 0.3) is 0 Å². The first-order chi connectivity index (χ1) is 14.6. The van der Waals surface area contributed by atoms with Crippen LogP contribution in [0.1, 0.15) is 21.7 Å². The van der Waals surface area contributed by atoms with Crippen molar-refractivity contribution in [3.05, 3.63) is 77.7 Å². The minimum Gasteiger partial charge on any atom is -0.493 e. The maximum absolute atomic E-state index is 12.1. The molecule has 3 aromatic rings. The van der Waals surface area contributed by atoms with Gasteiger partial charge in [-0.25, -0.2) is 4.99 Å². The maximum atomic E-state index is 12.1. The second kappa shape index (κ2) is 10.0. The van der Waals surface area contributed by atoms with Crippen molar-refractivity contribution < 1.29 is 18.7 Å². The number of carbonyl (C=O) groups is 1. The van der Waals surface area contributed by atoms with Crippen molar-refractivity contribution in [2.45, 2.75) is 13.1 Å². The number of rotatable bonds is 8. The van der Waals surface area contributed by atoms with Crippen molar-refractivity contribution >= 4 is 17.6 Å². The second-order valence-electron chi connectivity index (χ2n) is 6.38. The summed E-state index contributed by atoms with van der Waals surface area (Å²) in [6, 6.07) is 16.3. The Morgan fingerprint density at radius 3 is 2.60 bits per heavy atom. The second-order valence-corrected chi connectivity index (χ2v) is 6.38. The van der Waals surface area contributed by atoms with Crippen LogP contribution in [0.5, 0.6) is 11.5 Å². The van der Waals surface area contributed by atoms with Gasteiger partial charge in [0.15, 0.2) is 23.2 Å². The summed E-state index contributed by atoms with van der Waals surface area (Å²) < 4.78 is 15.6. The number of anilines is 1. The standard InChI is InChI=1S/C22H24N4O4/c1-28-18-9-8-16(12-20(18)29-2)14-25-22(23)24-13-15-5-3-6-17(11-15)26-21(27)19-7-4-10-30-19/h3-12H,13-14H2,1-2H3,(H,26,27)(H3,23,24,25). The van der Waals surface area contributed by atoms with E-state index in [1.807, 2.05) is 36.4 Å². The number of carbonyl (C=O) groups excluding carboxylic acids is 1. The first-order valence-corrected chi connectivity index (χ1v) is 9.27. The third-order valence-electron chi connectivity index (χ3n) is 4.28. The quantitative estimate of drug-likeness (QED) is 0.390. The third kappa shape index (κ3) is 5.54. The molecule has 1 heterocycles. The molecule has 8 heteroatoms. The lowest BCUT2D eigenvalue weighted by Crippen LogP contribution is -2.31. The molecule has 0 spiro atoms. The molecular weight excluding hydrogens is 384 g/mol. The van der Waals surface area contributed by atoms with E-state index < -0.39 is 0 Å². The first kappa shape index (κ1) is 20.8. The van der Waals surface area contributed by atoms with E-state index in [4.69, 9.17) is 19.6 Å². The van der Waals surface area contributed by atoms with Crippen LogP contribution in [-0.2, 0) is 13.1 Å². The number of amides is 1. The molecule has 0 atom stereocenters. The number of hydrogen-bond donors (Lipinski definition) is 3. The Balaban J connectivity index is 1.55. The van der Waals surface area contributed by atoms with Crippen LogP contribution in [0, 0.1) is 0 Å². The predicted molar refractivity (Wildman–Crippen MR) is 115 cm³/mol. The Kier molecular flexibility index (Phi) is 6.94. The topological polar surface area (TPSA) is 111 Å². The predicted octanol–water partition coefficient (Wildman–Crippen LogP) is 3.15. The van der Waals surface area contributed by atoms with Gasteiger partial charge in [-0.3, -0.25) is 4.79 Å². The van der Waals surface area contributed by atoms with Gasteiger partial charge in [-0.15, -0.1) is 0 Å². The fraction of sp³-hybridized carbons (Fsp3) is 0.182. The largest absolute Gasteiger partial charge is 0.493 e. The lowest BCUT2D eigenvalue weighted by molar-refractivity contribution is 0.0996. The third-order valence-corrected chi connectivity index (χ3v) is 4.28. The van der Waals surface area contributed by atoms with Crippen LogP contribution < -0.4 is 25.8 Å². The average molecular weight is 408 g/mol. The molecule has 8 nitrogen and oxygen atoms in total. The molecule has 0 fully saturated rings. The summed E-state index contributed by atoms with van der Waals surface area (Å²) in [4.78, 5) is 16.4. The SMILES string of the molecule is COc1ccc(CNC(N)=NCc2cccc(NC(=O)c3ccco3)c2)cc1OC. The molecule has 0 saturated carbocycles. The summed E-state index contributed by atoms with van der Waals surface area (Å²) in [5.74, 6) is 1.58. The van der Waals surface area contributed by atoms with Gasteiger partial charge in [0.05, 0.1) is 27.0 Å². The van der Waals surface area contributed by atoms with E-state index in [0.717, 1.165) is 11.1 Å². The van der Waals surface area contributed by atoms with Gasteiger partial charge < -0.3 is 30.3 Å². The highest BCUT2D eigenvalue weighted by atomic mass is 16.5. The van der Waals surface area contributed by atoms with Crippen molar-refractivity contribution in [2.24, 2.45) is 10.7 Å². The van der Waals surface area contributed by atoms with Crippen LogP contribution in [0.4, 0.5) is 5.69 Å². The van der Waals surface area contributed by atoms with E-state index in [0.29, 0.717) is 36.2 Å². The van der Waals surface area contributed by atoms with Gasteiger partial charge in [0, 0.05) is 12.2 Å². The molecule has 156 valence electrons. The summed E-state index contributed by atoms with van der Waals surface area (Å²) in [5.41, 5.74) is 8.52. The zero-order chi connectivity index (χ0) is 21.3. The molecule has 1 aromatic heterocycles. The number of nitrogens with zero attached hydrogens (tertiary/aromatic N) is 1. The van der Waals surface area contributed by atoms with E-state index in [-0.39, 0.29) is 11.7 Å². The average Bonchev–Trinajstić information content (AvgIpc) is 3.31. The Hall–Kier alpha value is -3.94. The lowest BCUT2D eigenvalue weighted by atomic mass is 10.2. The number of guanidine groups is 1. The van der Waals surface area contributed by atoms with Gasteiger partial charge in [0.2, 0.25) is 0 Å². The van der Waals surface area contributed by atoms with E-state index >= 15 is 0 Å². The Labute approximate surface area is 174 Å². The molecule has 0 radical (unpaired) electrons. The fourth-order valence-corrected chi connectivity index (χ4v) is 2.76. The number of benzene rings is 2. The fourth-order valence-electron chi connectivity index (χ4n) is 2.76. The van der Waals surface area contributed by atoms with Crippen molar-refractivity contribution in [2.75, 3.05) is 19.5 Å². The highest BCUT2D eigenvalue weighted by Crippen LogP contribution is 2.27. The van der Waals surface area contributed by atoms with Crippen LogP contribution in [0.2, 0.25) is 0 Å². The van der Waals surface area contributed by atoms with Crippen LogP contribution in [0.15, 0.2) is 70.3 Å². The van der Waals surface area contributed by atoms with Crippen LogP contribution in [0.3, 0.4) is 0 Å². The van der Waals surface area contributed by atoms with Crippen molar-refractivity contribution in [1.82, 2.24) is 5.32 Å². The highest BCUT2D eigenvalue weighted by molar-refractivity contribution is 6.02. The number of nitrogens with two attached hydrogens (primary N) is 1. The summed E-state index contributed by atoms with van der Waals surface area (Å²) in [5, 5.41) is 5.86. The lowest BCUT2D eigenvalue weighted by Gasteiger charge is -2.11. The molecular formula is C22H24N4O4. The zero-order valence-electron chi connectivity index (χ0n) is 16.8. The molecule has 0 bridgehead atoms. The molecule has 0 aliphatic heterocycles. The smallest absolute Gasteiger partial charge is 0.291 e. The van der Waals surface area contributed by atoms with Crippen molar-refractivity contribution in [1.29, 1.82) is 0 Å². The summed E-state index contributed by atoms with van der Waals surface area (Å²) in [7, 11) is 3.19. The van der Waals surface area contributed by atoms with Crippen molar-refractivity contribution in [3.8, 4) is 11.5 Å². The number of aliphatic imine (C=N–C) groups is 1. The van der Waals surface area contributed by atoms with E-state index in [1.165, 1.54) is 6.26 Å². The Morgan fingerprint density at radius 1 is 1.03 bits per heavy atom. The first-order valence-electron chi connectivity index (χ1n) is 9.27. The van der Waals surface area contributed by atoms with E-state index in [2.05, 4.69) is 15.6 Å². The Bertz CT molecular complexity index is 1020. The minimum absolute atomic E-state index is 0.252. The molecule has 0 aliphatic rings. The molecule has 0 unspecified atom stereocenters. The van der Waals surface area contributed by atoms with Gasteiger partial charge in [-0.2, -0.15) is 0 Å². The molecule has 0 saturated heterocycles. The highest BCUT2D eigenvalue weighted by Gasteiger charge is 2.09. The van der Waals surface area contributed by atoms with Crippen LogP contribution >= 0.6 is 0 Å². The molecule has 4 N–H and O–H groups in total. The van der Waals surface area contributed by atoms with Gasteiger partial charge >= 0.3 is 0 Å². The van der Waals surface area contributed by atoms with Gasteiger partial charge in [-0.05, 0) is 47.5 Å². The number of hydrogen-bond acceptors (Lipinski definition) is 5. The zero-order valence-corrected chi connectivity index (χ0v) is 16.8. The monoisotopic (exact) mass is 408 g/mol. The van der Waals surface area contributed by atoms with Crippen LogP contribution in [-0.4, -0.2) is 26.1 Å². The molecule has 3 rings (SSSR count). The maximum Gasteiger partial charge on any atom is 0.291 e. The number of methoxy groups -OCH3 is 2. The number of ether oxygens (including phenoxy) is 2. The normalized spacial score (nSPS) is 11.1. The van der Waals surface area contributed by atoms with Gasteiger partial charge in [-0.1, -0.05) is 18.2 Å². The minimum atomic E-state index is -0.309. The Morgan fingerprint density at radius 2 is 1.87 bits per heavy atom. The van der Waals surface area contributed by atoms with E-state index in [1.54, 1.807) is 32.4 Å². The summed E-state index contributed by atoms with van der Waals surface area (Å²) in [6.07, 6.45) is 1.46. The van der Waals surface area contributed by atoms with E-state index in [9.17, 15) is 4.79 Å². The number of furan rings is 1.